The van der Waals surface area contributed by atoms with Crippen molar-refractivity contribution in [1.29, 1.82) is 5.26 Å². The maximum absolute atomic E-state index is 12.8. The second-order valence-corrected chi connectivity index (χ2v) is 5.57. The molecule has 1 amide bonds. The first kappa shape index (κ1) is 18.3. The molecule has 1 aliphatic rings. The second kappa shape index (κ2) is 7.41. The molecule has 0 saturated carbocycles. The molecular formula is C19H13F3N2O3. The van der Waals surface area contributed by atoms with E-state index in [4.69, 9.17) is 9.47 Å². The van der Waals surface area contributed by atoms with Crippen LogP contribution in [0, 0.1) is 11.3 Å². The summed E-state index contributed by atoms with van der Waals surface area (Å²) >= 11 is 0. The third kappa shape index (κ3) is 4.20. The normalized spacial score (nSPS) is 13.6. The van der Waals surface area contributed by atoms with Crippen LogP contribution in [0.25, 0.3) is 6.08 Å². The van der Waals surface area contributed by atoms with Gasteiger partial charge in [0.2, 0.25) is 0 Å². The van der Waals surface area contributed by atoms with Crippen LogP contribution in [0.5, 0.6) is 11.5 Å². The van der Waals surface area contributed by atoms with Gasteiger partial charge in [-0.05, 0) is 30.3 Å². The van der Waals surface area contributed by atoms with Crippen molar-refractivity contribution in [2.24, 2.45) is 0 Å². The third-order valence-corrected chi connectivity index (χ3v) is 3.71. The SMILES string of the molecule is N#C/C(=C/c1cccc2c1OCCO2)C(=O)Nc1cccc(C(F)(F)F)c1. The third-order valence-electron chi connectivity index (χ3n) is 3.71. The summed E-state index contributed by atoms with van der Waals surface area (Å²) in [6, 6.07) is 10.9. The molecule has 1 N–H and O–H groups in total. The Hall–Kier alpha value is -3.47. The van der Waals surface area contributed by atoms with Crippen molar-refractivity contribution in [3.8, 4) is 17.6 Å². The Kier molecular flexibility index (Phi) is 5.03. The Morgan fingerprint density at radius 1 is 1.15 bits per heavy atom. The van der Waals surface area contributed by atoms with Crippen molar-refractivity contribution in [1.82, 2.24) is 0 Å². The van der Waals surface area contributed by atoms with Crippen molar-refractivity contribution in [2.45, 2.75) is 6.18 Å². The summed E-state index contributed by atoms with van der Waals surface area (Å²) in [6.07, 6.45) is -3.23. The Balaban J connectivity index is 1.86. The van der Waals surface area contributed by atoms with Gasteiger partial charge in [0.15, 0.2) is 11.5 Å². The largest absolute Gasteiger partial charge is 0.486 e. The molecule has 0 unspecified atom stereocenters. The maximum Gasteiger partial charge on any atom is 0.416 e. The van der Waals surface area contributed by atoms with Gasteiger partial charge in [0, 0.05) is 11.3 Å². The number of fused-ring (bicyclic) bond motifs is 1. The van der Waals surface area contributed by atoms with Gasteiger partial charge in [0.05, 0.1) is 5.56 Å². The molecule has 3 rings (SSSR count). The lowest BCUT2D eigenvalue weighted by molar-refractivity contribution is -0.137. The molecule has 0 fully saturated rings. The molecule has 0 saturated heterocycles. The number of anilines is 1. The van der Waals surface area contributed by atoms with Crippen LogP contribution in [0.15, 0.2) is 48.0 Å². The van der Waals surface area contributed by atoms with E-state index in [2.05, 4.69) is 5.32 Å². The summed E-state index contributed by atoms with van der Waals surface area (Å²) in [5.74, 6) is 0.0695. The molecule has 0 atom stereocenters. The van der Waals surface area contributed by atoms with Crippen molar-refractivity contribution >= 4 is 17.7 Å². The zero-order valence-electron chi connectivity index (χ0n) is 13.8. The number of carbonyl (C=O) groups is 1. The van der Waals surface area contributed by atoms with Gasteiger partial charge < -0.3 is 14.8 Å². The van der Waals surface area contributed by atoms with Crippen LogP contribution in [0.1, 0.15) is 11.1 Å². The first-order chi connectivity index (χ1) is 12.9. The average Bonchev–Trinajstić information content (AvgIpc) is 2.65. The van der Waals surface area contributed by atoms with Gasteiger partial charge in [-0.3, -0.25) is 4.79 Å². The highest BCUT2D eigenvalue weighted by Crippen LogP contribution is 2.35. The highest BCUT2D eigenvalue weighted by atomic mass is 19.4. The first-order valence-electron chi connectivity index (χ1n) is 7.87. The molecule has 2 aromatic carbocycles. The van der Waals surface area contributed by atoms with Gasteiger partial charge in [-0.15, -0.1) is 0 Å². The van der Waals surface area contributed by atoms with E-state index in [1.165, 1.54) is 18.2 Å². The number of nitrogens with zero attached hydrogens (tertiary/aromatic N) is 1. The fourth-order valence-electron chi connectivity index (χ4n) is 2.49. The molecular weight excluding hydrogens is 361 g/mol. The van der Waals surface area contributed by atoms with Gasteiger partial charge in [-0.1, -0.05) is 18.2 Å². The predicted molar refractivity (Wildman–Crippen MR) is 91.1 cm³/mol. The molecule has 0 bridgehead atoms. The second-order valence-electron chi connectivity index (χ2n) is 5.57. The Bertz CT molecular complexity index is 946. The van der Waals surface area contributed by atoms with Crippen LogP contribution in [-0.4, -0.2) is 19.1 Å². The quantitative estimate of drug-likeness (QED) is 0.651. The van der Waals surface area contributed by atoms with Crippen LogP contribution < -0.4 is 14.8 Å². The number of rotatable bonds is 3. The summed E-state index contributed by atoms with van der Waals surface area (Å²) in [5, 5.41) is 11.6. The number of nitrogens with one attached hydrogen (secondary N) is 1. The van der Waals surface area contributed by atoms with E-state index in [1.54, 1.807) is 24.3 Å². The number of benzene rings is 2. The average molecular weight is 374 g/mol. The van der Waals surface area contributed by atoms with E-state index in [9.17, 15) is 23.2 Å². The van der Waals surface area contributed by atoms with E-state index in [1.807, 2.05) is 0 Å². The van der Waals surface area contributed by atoms with E-state index in [-0.39, 0.29) is 11.3 Å². The van der Waals surface area contributed by atoms with Gasteiger partial charge in [0.25, 0.3) is 5.91 Å². The lowest BCUT2D eigenvalue weighted by atomic mass is 10.1. The summed E-state index contributed by atoms with van der Waals surface area (Å²) < 4.78 is 49.3. The fraction of sp³-hybridized carbons (Fsp3) is 0.158. The molecule has 0 spiro atoms. The fourth-order valence-corrected chi connectivity index (χ4v) is 2.49. The molecule has 1 aliphatic heterocycles. The van der Waals surface area contributed by atoms with E-state index in [0.717, 1.165) is 12.1 Å². The molecule has 5 nitrogen and oxygen atoms in total. The number of alkyl halides is 3. The van der Waals surface area contributed by atoms with Crippen molar-refractivity contribution in [3.63, 3.8) is 0 Å². The molecule has 27 heavy (non-hydrogen) atoms. The highest BCUT2D eigenvalue weighted by molar-refractivity contribution is 6.09. The molecule has 0 radical (unpaired) electrons. The van der Waals surface area contributed by atoms with Crippen molar-refractivity contribution in [2.75, 3.05) is 18.5 Å². The number of halogens is 3. The summed E-state index contributed by atoms with van der Waals surface area (Å²) in [5.41, 5.74) is -0.783. The maximum atomic E-state index is 12.8. The van der Waals surface area contributed by atoms with Gasteiger partial charge >= 0.3 is 6.18 Å². The molecule has 2 aromatic rings. The van der Waals surface area contributed by atoms with Gasteiger partial charge in [0.1, 0.15) is 24.9 Å². The summed E-state index contributed by atoms with van der Waals surface area (Å²) in [7, 11) is 0. The van der Waals surface area contributed by atoms with Crippen molar-refractivity contribution < 1.29 is 27.4 Å². The summed E-state index contributed by atoms with van der Waals surface area (Å²) in [4.78, 5) is 12.3. The van der Waals surface area contributed by atoms with E-state index < -0.39 is 17.6 Å². The van der Waals surface area contributed by atoms with Crippen LogP contribution in [0.3, 0.4) is 0 Å². The number of ether oxygens (including phenoxy) is 2. The van der Waals surface area contributed by atoms with Crippen LogP contribution in [0.2, 0.25) is 0 Å². The minimum Gasteiger partial charge on any atom is -0.486 e. The molecule has 1 heterocycles. The highest BCUT2D eigenvalue weighted by Gasteiger charge is 2.30. The minimum absolute atomic E-state index is 0.0642. The lowest BCUT2D eigenvalue weighted by Crippen LogP contribution is -2.16. The number of carbonyl (C=O) groups excluding carboxylic acids is 1. The Morgan fingerprint density at radius 2 is 1.89 bits per heavy atom. The van der Waals surface area contributed by atoms with Crippen molar-refractivity contribution in [3.05, 3.63) is 59.2 Å². The van der Waals surface area contributed by atoms with Gasteiger partial charge in [-0.25, -0.2) is 0 Å². The topological polar surface area (TPSA) is 71.3 Å². The zero-order chi connectivity index (χ0) is 19.4. The standard InChI is InChI=1S/C19H13F3N2O3/c20-19(21,22)14-4-2-5-15(10-14)24-18(25)13(11-23)9-12-3-1-6-16-17(12)27-8-7-26-16/h1-6,9-10H,7-8H2,(H,24,25)/b13-9-. The predicted octanol–water partition coefficient (Wildman–Crippen LogP) is 4.02. The van der Waals surface area contributed by atoms with Crippen LogP contribution >= 0.6 is 0 Å². The molecule has 138 valence electrons. The smallest absolute Gasteiger partial charge is 0.416 e. The van der Waals surface area contributed by atoms with Crippen LogP contribution in [-0.2, 0) is 11.0 Å². The Labute approximate surface area is 152 Å². The Morgan fingerprint density at radius 3 is 2.63 bits per heavy atom. The van der Waals surface area contributed by atoms with Crippen LogP contribution in [0.4, 0.5) is 18.9 Å². The number of nitriles is 1. The van der Waals surface area contributed by atoms with E-state index >= 15 is 0 Å². The molecule has 0 aliphatic carbocycles. The summed E-state index contributed by atoms with van der Waals surface area (Å²) in [6.45, 7) is 0.720. The number of hydrogen-bond donors (Lipinski definition) is 1. The molecule has 0 aromatic heterocycles. The lowest BCUT2D eigenvalue weighted by Gasteiger charge is -2.19. The monoisotopic (exact) mass is 374 g/mol. The molecule has 8 heteroatoms. The zero-order valence-corrected chi connectivity index (χ0v) is 13.8. The minimum atomic E-state index is -4.53. The van der Waals surface area contributed by atoms with Gasteiger partial charge in [-0.2, -0.15) is 18.4 Å². The number of amides is 1. The number of para-hydroxylation sites is 1. The number of hydrogen-bond acceptors (Lipinski definition) is 4. The van der Waals surface area contributed by atoms with E-state index in [0.29, 0.717) is 30.3 Å². The first-order valence-corrected chi connectivity index (χ1v) is 7.87.